The molecule has 1 aliphatic rings. The lowest BCUT2D eigenvalue weighted by Gasteiger charge is -2.27. The Bertz CT molecular complexity index is 509. The predicted octanol–water partition coefficient (Wildman–Crippen LogP) is 0.343. The second kappa shape index (κ2) is 5.05. The molecule has 2 aromatic rings. The van der Waals surface area contributed by atoms with Gasteiger partial charge in [0.1, 0.15) is 0 Å². The van der Waals surface area contributed by atoms with Gasteiger partial charge in [-0.3, -0.25) is 4.98 Å². The van der Waals surface area contributed by atoms with Crippen molar-refractivity contribution in [1.29, 1.82) is 0 Å². The Balaban J connectivity index is 1.89. The van der Waals surface area contributed by atoms with E-state index in [1.165, 1.54) is 0 Å². The van der Waals surface area contributed by atoms with Gasteiger partial charge >= 0.3 is 0 Å². The maximum Gasteiger partial charge on any atom is 0.183 e. The van der Waals surface area contributed by atoms with Crippen molar-refractivity contribution in [3.63, 3.8) is 0 Å². The molecule has 1 fully saturated rings. The number of nitrogens with one attached hydrogen (secondary N) is 1. The Morgan fingerprint density at radius 1 is 1.11 bits per heavy atom. The zero-order chi connectivity index (χ0) is 12.2. The van der Waals surface area contributed by atoms with Crippen LogP contribution in [-0.4, -0.2) is 46.3 Å². The van der Waals surface area contributed by atoms with Crippen LogP contribution in [0.2, 0.25) is 0 Å². The number of hydrogen-bond acceptors (Lipinski definition) is 6. The fourth-order valence-corrected chi connectivity index (χ4v) is 1.96. The molecule has 92 valence electrons. The van der Waals surface area contributed by atoms with Gasteiger partial charge in [0, 0.05) is 44.1 Å². The summed E-state index contributed by atoms with van der Waals surface area (Å²) < 4.78 is 0. The summed E-state index contributed by atoms with van der Waals surface area (Å²) in [4.78, 5) is 10.8. The lowest BCUT2D eigenvalue weighted by molar-refractivity contribution is 0.583. The Morgan fingerprint density at radius 3 is 2.67 bits per heavy atom. The number of hydrogen-bond donors (Lipinski definition) is 1. The number of rotatable bonds is 2. The highest BCUT2D eigenvalue weighted by atomic mass is 15.3. The van der Waals surface area contributed by atoms with Crippen LogP contribution >= 0.6 is 0 Å². The van der Waals surface area contributed by atoms with Crippen LogP contribution < -0.4 is 10.2 Å². The standard InChI is InChI=1S/C12H14N6/c1-3-13-4-2-10(1)12-16-11(9-15-17-12)18-7-5-14-6-8-18/h1-4,9,14H,5-8H2. The van der Waals surface area contributed by atoms with Crippen LogP contribution in [0.15, 0.2) is 30.7 Å². The van der Waals surface area contributed by atoms with Crippen LogP contribution in [0.4, 0.5) is 5.82 Å². The summed E-state index contributed by atoms with van der Waals surface area (Å²) >= 11 is 0. The van der Waals surface area contributed by atoms with Gasteiger partial charge in [-0.15, -0.1) is 5.10 Å². The Kier molecular flexibility index (Phi) is 3.10. The molecule has 0 atom stereocenters. The van der Waals surface area contributed by atoms with E-state index in [2.05, 4.69) is 30.4 Å². The lowest BCUT2D eigenvalue weighted by Crippen LogP contribution is -2.44. The van der Waals surface area contributed by atoms with E-state index in [0.29, 0.717) is 5.82 Å². The minimum Gasteiger partial charge on any atom is -0.353 e. The molecule has 0 unspecified atom stereocenters. The van der Waals surface area contributed by atoms with E-state index in [-0.39, 0.29) is 0 Å². The first-order chi connectivity index (χ1) is 8.93. The average Bonchev–Trinajstić information content (AvgIpc) is 2.49. The molecular weight excluding hydrogens is 228 g/mol. The van der Waals surface area contributed by atoms with Crippen LogP contribution in [0.3, 0.4) is 0 Å². The van der Waals surface area contributed by atoms with E-state index in [4.69, 9.17) is 0 Å². The minimum atomic E-state index is 0.647. The van der Waals surface area contributed by atoms with Gasteiger partial charge in [0.25, 0.3) is 0 Å². The van der Waals surface area contributed by atoms with E-state index in [0.717, 1.165) is 37.6 Å². The van der Waals surface area contributed by atoms with Gasteiger partial charge in [-0.2, -0.15) is 5.10 Å². The molecule has 3 heterocycles. The maximum atomic E-state index is 4.56. The lowest BCUT2D eigenvalue weighted by atomic mass is 10.2. The zero-order valence-electron chi connectivity index (χ0n) is 9.95. The van der Waals surface area contributed by atoms with Crippen molar-refractivity contribution in [3.8, 4) is 11.4 Å². The zero-order valence-corrected chi connectivity index (χ0v) is 9.95. The van der Waals surface area contributed by atoms with Crippen LogP contribution in [0, 0.1) is 0 Å². The molecule has 0 aliphatic carbocycles. The van der Waals surface area contributed by atoms with Crippen molar-refractivity contribution in [2.24, 2.45) is 0 Å². The van der Waals surface area contributed by atoms with Crippen LogP contribution in [-0.2, 0) is 0 Å². The van der Waals surface area contributed by atoms with Gasteiger partial charge in [-0.05, 0) is 12.1 Å². The molecule has 0 bridgehead atoms. The number of piperazine rings is 1. The third kappa shape index (κ3) is 2.28. The highest BCUT2D eigenvalue weighted by Gasteiger charge is 2.13. The Hall–Kier alpha value is -2.08. The van der Waals surface area contributed by atoms with E-state index in [1.54, 1.807) is 18.6 Å². The molecule has 3 rings (SSSR count). The van der Waals surface area contributed by atoms with Crippen LogP contribution in [0.1, 0.15) is 0 Å². The molecule has 0 saturated carbocycles. The molecule has 0 spiro atoms. The molecule has 1 aliphatic heterocycles. The maximum absolute atomic E-state index is 4.56. The summed E-state index contributed by atoms with van der Waals surface area (Å²) in [7, 11) is 0. The van der Waals surface area contributed by atoms with Crippen molar-refractivity contribution in [1.82, 2.24) is 25.5 Å². The molecule has 0 aromatic carbocycles. The molecule has 18 heavy (non-hydrogen) atoms. The summed E-state index contributed by atoms with van der Waals surface area (Å²) in [6, 6.07) is 3.77. The summed E-state index contributed by atoms with van der Waals surface area (Å²) in [6.07, 6.45) is 5.18. The molecule has 6 heteroatoms. The second-order valence-electron chi connectivity index (χ2n) is 4.11. The molecular formula is C12H14N6. The third-order valence-corrected chi connectivity index (χ3v) is 2.93. The minimum absolute atomic E-state index is 0.647. The van der Waals surface area contributed by atoms with Crippen molar-refractivity contribution in [3.05, 3.63) is 30.7 Å². The number of pyridine rings is 1. The molecule has 1 N–H and O–H groups in total. The van der Waals surface area contributed by atoms with Crippen molar-refractivity contribution >= 4 is 5.82 Å². The quantitative estimate of drug-likeness (QED) is 0.819. The van der Waals surface area contributed by atoms with Crippen molar-refractivity contribution in [2.45, 2.75) is 0 Å². The van der Waals surface area contributed by atoms with E-state index in [1.807, 2.05) is 12.1 Å². The van der Waals surface area contributed by atoms with E-state index >= 15 is 0 Å². The molecule has 0 radical (unpaired) electrons. The fraction of sp³-hybridized carbons (Fsp3) is 0.333. The van der Waals surface area contributed by atoms with E-state index in [9.17, 15) is 0 Å². The van der Waals surface area contributed by atoms with Gasteiger partial charge in [0.05, 0.1) is 6.20 Å². The third-order valence-electron chi connectivity index (χ3n) is 2.93. The summed E-state index contributed by atoms with van der Waals surface area (Å²) in [5.41, 5.74) is 0.939. The van der Waals surface area contributed by atoms with Crippen LogP contribution in [0.5, 0.6) is 0 Å². The van der Waals surface area contributed by atoms with Crippen molar-refractivity contribution < 1.29 is 0 Å². The molecule has 0 amide bonds. The summed E-state index contributed by atoms with van der Waals surface area (Å²) in [5, 5.41) is 11.4. The van der Waals surface area contributed by atoms with E-state index < -0.39 is 0 Å². The van der Waals surface area contributed by atoms with Gasteiger partial charge < -0.3 is 10.2 Å². The average molecular weight is 242 g/mol. The first kappa shape index (κ1) is 11.0. The number of anilines is 1. The predicted molar refractivity (Wildman–Crippen MR) is 68.1 cm³/mol. The van der Waals surface area contributed by atoms with Gasteiger partial charge in [0.15, 0.2) is 11.6 Å². The van der Waals surface area contributed by atoms with Gasteiger partial charge in [-0.25, -0.2) is 4.98 Å². The summed E-state index contributed by atoms with van der Waals surface area (Å²) in [6.45, 7) is 3.87. The normalized spacial score (nSPS) is 15.7. The molecule has 6 nitrogen and oxygen atoms in total. The Morgan fingerprint density at radius 2 is 1.89 bits per heavy atom. The topological polar surface area (TPSA) is 66.8 Å². The van der Waals surface area contributed by atoms with Gasteiger partial charge in [0.2, 0.25) is 0 Å². The Labute approximate surface area is 105 Å². The second-order valence-corrected chi connectivity index (χ2v) is 4.11. The smallest absolute Gasteiger partial charge is 0.183 e. The first-order valence-corrected chi connectivity index (χ1v) is 5.99. The monoisotopic (exact) mass is 242 g/mol. The number of nitrogens with zero attached hydrogens (tertiary/aromatic N) is 5. The fourth-order valence-electron chi connectivity index (χ4n) is 1.96. The first-order valence-electron chi connectivity index (χ1n) is 5.99. The van der Waals surface area contributed by atoms with Crippen molar-refractivity contribution in [2.75, 3.05) is 31.1 Å². The highest BCUT2D eigenvalue weighted by molar-refractivity contribution is 5.55. The largest absolute Gasteiger partial charge is 0.353 e. The molecule has 2 aromatic heterocycles. The molecule has 1 saturated heterocycles. The summed E-state index contributed by atoms with van der Waals surface area (Å²) in [5.74, 6) is 1.53. The van der Waals surface area contributed by atoms with Crippen LogP contribution in [0.25, 0.3) is 11.4 Å². The SMILES string of the molecule is c1cc(-c2nncc(N3CCNCC3)n2)ccn1. The highest BCUT2D eigenvalue weighted by Crippen LogP contribution is 2.16. The number of aromatic nitrogens is 4. The van der Waals surface area contributed by atoms with Gasteiger partial charge in [-0.1, -0.05) is 0 Å².